The molecule has 0 aliphatic carbocycles. The molecule has 0 bridgehead atoms. The Morgan fingerprint density at radius 3 is 2.71 bits per heavy atom. The Hall–Kier alpha value is -1.91. The van der Waals surface area contributed by atoms with Crippen molar-refractivity contribution in [1.82, 2.24) is 4.98 Å². The normalized spacial score (nSPS) is 15.5. The standard InChI is InChI=1S/C17H16N2OS/c1-2-6-14-13(4-1)5-3-7-15(14)16-12-21-17(18-16)19-8-10-20-11-9-19/h1-7,12H,8-11H2. The van der Waals surface area contributed by atoms with Crippen LogP contribution < -0.4 is 4.90 Å². The fourth-order valence-electron chi connectivity index (χ4n) is 2.74. The average molecular weight is 296 g/mol. The Bertz CT molecular complexity index is 757. The summed E-state index contributed by atoms with van der Waals surface area (Å²) >= 11 is 1.72. The first kappa shape index (κ1) is 12.8. The van der Waals surface area contributed by atoms with E-state index in [0.29, 0.717) is 0 Å². The minimum absolute atomic E-state index is 0.795. The second-order valence-corrected chi connectivity index (χ2v) is 5.98. The molecular weight excluding hydrogens is 280 g/mol. The Balaban J connectivity index is 1.74. The van der Waals surface area contributed by atoms with Crippen LogP contribution in [-0.4, -0.2) is 31.3 Å². The van der Waals surface area contributed by atoms with Gasteiger partial charge in [0.05, 0.1) is 18.9 Å². The molecule has 3 nitrogen and oxygen atoms in total. The number of hydrogen-bond donors (Lipinski definition) is 0. The zero-order valence-corrected chi connectivity index (χ0v) is 12.5. The van der Waals surface area contributed by atoms with Gasteiger partial charge < -0.3 is 9.64 Å². The number of rotatable bonds is 2. The molecule has 0 radical (unpaired) electrons. The van der Waals surface area contributed by atoms with E-state index in [4.69, 9.17) is 9.72 Å². The SMILES string of the molecule is c1ccc2c(-c3csc(N4CCOCC4)n3)cccc2c1. The highest BCUT2D eigenvalue weighted by atomic mass is 32.1. The van der Waals surface area contributed by atoms with Gasteiger partial charge in [-0.05, 0) is 10.8 Å². The molecule has 2 aromatic carbocycles. The topological polar surface area (TPSA) is 25.4 Å². The van der Waals surface area contributed by atoms with Crippen LogP contribution in [0.3, 0.4) is 0 Å². The molecule has 3 aromatic rings. The minimum atomic E-state index is 0.795. The van der Waals surface area contributed by atoms with Crippen molar-refractivity contribution >= 4 is 27.2 Å². The summed E-state index contributed by atoms with van der Waals surface area (Å²) in [7, 11) is 0. The van der Waals surface area contributed by atoms with Crippen molar-refractivity contribution < 1.29 is 4.74 Å². The maximum atomic E-state index is 5.41. The molecule has 0 spiro atoms. The number of ether oxygens (including phenoxy) is 1. The summed E-state index contributed by atoms with van der Waals surface area (Å²) in [6.07, 6.45) is 0. The van der Waals surface area contributed by atoms with E-state index < -0.39 is 0 Å². The third kappa shape index (κ3) is 2.41. The van der Waals surface area contributed by atoms with Crippen LogP contribution in [0.5, 0.6) is 0 Å². The summed E-state index contributed by atoms with van der Waals surface area (Å²) < 4.78 is 5.41. The molecule has 4 heteroatoms. The van der Waals surface area contributed by atoms with Crippen LogP contribution in [0.25, 0.3) is 22.0 Å². The van der Waals surface area contributed by atoms with Crippen LogP contribution in [0.15, 0.2) is 47.8 Å². The summed E-state index contributed by atoms with van der Waals surface area (Å²) in [4.78, 5) is 7.15. The van der Waals surface area contributed by atoms with E-state index in [2.05, 4.69) is 52.7 Å². The maximum Gasteiger partial charge on any atom is 0.186 e. The molecule has 0 N–H and O–H groups in total. The Kier molecular flexibility index (Phi) is 3.33. The van der Waals surface area contributed by atoms with E-state index >= 15 is 0 Å². The highest BCUT2D eigenvalue weighted by Crippen LogP contribution is 2.32. The molecule has 1 aliphatic rings. The van der Waals surface area contributed by atoms with Crippen molar-refractivity contribution in [2.24, 2.45) is 0 Å². The van der Waals surface area contributed by atoms with Gasteiger partial charge in [-0.1, -0.05) is 42.5 Å². The average Bonchev–Trinajstić information content (AvgIpc) is 3.05. The van der Waals surface area contributed by atoms with Gasteiger partial charge in [0.25, 0.3) is 0 Å². The monoisotopic (exact) mass is 296 g/mol. The molecule has 21 heavy (non-hydrogen) atoms. The van der Waals surface area contributed by atoms with Crippen LogP contribution in [0.4, 0.5) is 5.13 Å². The predicted molar refractivity (Wildman–Crippen MR) is 88.1 cm³/mol. The molecular formula is C17H16N2OS. The van der Waals surface area contributed by atoms with Crippen molar-refractivity contribution in [2.45, 2.75) is 0 Å². The number of thiazole rings is 1. The van der Waals surface area contributed by atoms with Crippen LogP contribution in [0.1, 0.15) is 0 Å². The van der Waals surface area contributed by atoms with Gasteiger partial charge in [-0.25, -0.2) is 4.98 Å². The molecule has 1 fully saturated rings. The number of aromatic nitrogens is 1. The van der Waals surface area contributed by atoms with Gasteiger partial charge in [0.15, 0.2) is 5.13 Å². The Morgan fingerprint density at radius 2 is 1.81 bits per heavy atom. The zero-order chi connectivity index (χ0) is 14.1. The summed E-state index contributed by atoms with van der Waals surface area (Å²) in [6, 6.07) is 14.9. The summed E-state index contributed by atoms with van der Waals surface area (Å²) in [5, 5.41) is 5.78. The van der Waals surface area contributed by atoms with E-state index in [1.165, 1.54) is 16.3 Å². The molecule has 4 rings (SSSR count). The second-order valence-electron chi connectivity index (χ2n) is 5.14. The molecule has 106 valence electrons. The number of morpholine rings is 1. The summed E-state index contributed by atoms with van der Waals surface area (Å²) in [6.45, 7) is 3.46. The van der Waals surface area contributed by atoms with E-state index in [1.54, 1.807) is 11.3 Å². The number of benzene rings is 2. The molecule has 1 aliphatic heterocycles. The van der Waals surface area contributed by atoms with Crippen molar-refractivity contribution in [2.75, 3.05) is 31.2 Å². The van der Waals surface area contributed by atoms with Gasteiger partial charge >= 0.3 is 0 Å². The van der Waals surface area contributed by atoms with Crippen molar-refractivity contribution in [1.29, 1.82) is 0 Å². The number of hydrogen-bond acceptors (Lipinski definition) is 4. The first-order chi connectivity index (χ1) is 10.4. The molecule has 0 atom stereocenters. The van der Waals surface area contributed by atoms with Gasteiger partial charge in [0.1, 0.15) is 0 Å². The van der Waals surface area contributed by atoms with Gasteiger partial charge in [-0.3, -0.25) is 0 Å². The number of anilines is 1. The molecule has 2 heterocycles. The third-order valence-electron chi connectivity index (χ3n) is 3.84. The van der Waals surface area contributed by atoms with Crippen molar-refractivity contribution in [3.05, 3.63) is 47.8 Å². The summed E-state index contributed by atoms with van der Waals surface area (Å²) in [5.74, 6) is 0. The lowest BCUT2D eigenvalue weighted by atomic mass is 10.0. The second kappa shape index (κ2) is 5.47. The predicted octanol–water partition coefficient (Wildman–Crippen LogP) is 3.80. The third-order valence-corrected chi connectivity index (χ3v) is 4.74. The van der Waals surface area contributed by atoms with Crippen LogP contribution in [0, 0.1) is 0 Å². The first-order valence-corrected chi connectivity index (χ1v) is 8.06. The minimum Gasteiger partial charge on any atom is -0.378 e. The lowest BCUT2D eigenvalue weighted by Crippen LogP contribution is -2.36. The van der Waals surface area contributed by atoms with E-state index in [0.717, 1.165) is 37.1 Å². The summed E-state index contributed by atoms with van der Waals surface area (Å²) in [5.41, 5.74) is 2.28. The first-order valence-electron chi connectivity index (χ1n) is 7.18. The number of fused-ring (bicyclic) bond motifs is 1. The van der Waals surface area contributed by atoms with Gasteiger partial charge in [-0.2, -0.15) is 0 Å². The Morgan fingerprint density at radius 1 is 1.00 bits per heavy atom. The van der Waals surface area contributed by atoms with E-state index in [1.807, 2.05) is 0 Å². The number of nitrogens with zero attached hydrogens (tertiary/aromatic N) is 2. The van der Waals surface area contributed by atoms with Gasteiger partial charge in [0.2, 0.25) is 0 Å². The van der Waals surface area contributed by atoms with Crippen molar-refractivity contribution in [3.63, 3.8) is 0 Å². The maximum absolute atomic E-state index is 5.41. The van der Waals surface area contributed by atoms with Gasteiger partial charge in [-0.15, -0.1) is 11.3 Å². The molecule has 1 saturated heterocycles. The smallest absolute Gasteiger partial charge is 0.186 e. The van der Waals surface area contributed by atoms with E-state index in [-0.39, 0.29) is 0 Å². The molecule has 0 saturated carbocycles. The highest BCUT2D eigenvalue weighted by Gasteiger charge is 2.15. The van der Waals surface area contributed by atoms with Crippen molar-refractivity contribution in [3.8, 4) is 11.3 Å². The van der Waals surface area contributed by atoms with Gasteiger partial charge in [0, 0.05) is 24.0 Å². The lowest BCUT2D eigenvalue weighted by Gasteiger charge is -2.26. The zero-order valence-electron chi connectivity index (χ0n) is 11.7. The quantitative estimate of drug-likeness (QED) is 0.719. The molecule has 1 aromatic heterocycles. The molecule has 0 unspecified atom stereocenters. The fraction of sp³-hybridized carbons (Fsp3) is 0.235. The van der Waals surface area contributed by atoms with Crippen LogP contribution in [0.2, 0.25) is 0 Å². The van der Waals surface area contributed by atoms with Crippen LogP contribution >= 0.6 is 11.3 Å². The molecule has 0 amide bonds. The van der Waals surface area contributed by atoms with E-state index in [9.17, 15) is 0 Å². The fourth-order valence-corrected chi connectivity index (χ4v) is 3.62. The van der Waals surface area contributed by atoms with Crippen LogP contribution in [-0.2, 0) is 4.74 Å². The largest absolute Gasteiger partial charge is 0.378 e. The highest BCUT2D eigenvalue weighted by molar-refractivity contribution is 7.14. The lowest BCUT2D eigenvalue weighted by molar-refractivity contribution is 0.122. The Labute approximate surface area is 127 Å².